The fourth-order valence-corrected chi connectivity index (χ4v) is 2.06. The van der Waals surface area contributed by atoms with E-state index in [-0.39, 0.29) is 5.78 Å². The minimum atomic E-state index is -4.28. The number of hydrogen-bond acceptors (Lipinski definition) is 2. The maximum atomic E-state index is 12.5. The van der Waals surface area contributed by atoms with Crippen LogP contribution in [0.3, 0.4) is 0 Å². The van der Waals surface area contributed by atoms with Crippen molar-refractivity contribution in [3.05, 3.63) is 35.4 Å². The molecule has 118 valence electrons. The molecule has 21 heavy (non-hydrogen) atoms. The number of unbranched alkanes of at least 4 members (excludes halogenated alkanes) is 2. The standard InChI is InChI=1S/C16H22F3NO/c1-13(21)6-3-2-4-10-20-11-9-14-7-5-8-15(12-14)16(17,18)19/h5,7-8,12,20H,2-4,6,9-11H2,1H3. The molecule has 5 heteroatoms. The fraction of sp³-hybridized carbons (Fsp3) is 0.562. The minimum absolute atomic E-state index is 0.215. The lowest BCUT2D eigenvalue weighted by atomic mass is 10.1. The molecule has 1 aromatic rings. The first kappa shape index (κ1) is 17.7. The summed E-state index contributed by atoms with van der Waals surface area (Å²) in [7, 11) is 0. The van der Waals surface area contributed by atoms with E-state index in [4.69, 9.17) is 0 Å². The van der Waals surface area contributed by atoms with Crippen molar-refractivity contribution in [1.29, 1.82) is 0 Å². The van der Waals surface area contributed by atoms with Crippen LogP contribution in [0.15, 0.2) is 24.3 Å². The lowest BCUT2D eigenvalue weighted by Gasteiger charge is -2.09. The maximum absolute atomic E-state index is 12.5. The van der Waals surface area contributed by atoms with Crippen molar-refractivity contribution in [1.82, 2.24) is 5.32 Å². The molecule has 2 nitrogen and oxygen atoms in total. The van der Waals surface area contributed by atoms with E-state index in [1.807, 2.05) is 0 Å². The lowest BCUT2D eigenvalue weighted by molar-refractivity contribution is -0.137. The van der Waals surface area contributed by atoms with Crippen LogP contribution in [0, 0.1) is 0 Å². The normalized spacial score (nSPS) is 11.6. The number of carbonyl (C=O) groups is 1. The van der Waals surface area contributed by atoms with Gasteiger partial charge in [-0.15, -0.1) is 0 Å². The maximum Gasteiger partial charge on any atom is 0.416 e. The molecule has 0 heterocycles. The Morgan fingerprint density at radius 1 is 1.14 bits per heavy atom. The molecule has 0 aliphatic carbocycles. The summed E-state index contributed by atoms with van der Waals surface area (Å²) in [5, 5.41) is 3.21. The Bertz CT molecular complexity index is 443. The number of benzene rings is 1. The summed E-state index contributed by atoms with van der Waals surface area (Å²) in [5.41, 5.74) is 0.0955. The van der Waals surface area contributed by atoms with Crippen molar-refractivity contribution in [2.24, 2.45) is 0 Å². The number of halogens is 3. The zero-order valence-electron chi connectivity index (χ0n) is 12.3. The molecule has 0 saturated heterocycles. The van der Waals surface area contributed by atoms with Crippen LogP contribution in [0.1, 0.15) is 43.7 Å². The highest BCUT2D eigenvalue weighted by Gasteiger charge is 2.30. The molecule has 0 aliphatic rings. The molecule has 0 aliphatic heterocycles. The van der Waals surface area contributed by atoms with Crippen LogP contribution >= 0.6 is 0 Å². The van der Waals surface area contributed by atoms with Gasteiger partial charge in [-0.3, -0.25) is 0 Å². The predicted octanol–water partition coefficient (Wildman–Crippen LogP) is 3.99. The Labute approximate surface area is 123 Å². The van der Waals surface area contributed by atoms with Gasteiger partial charge in [-0.05, 0) is 50.9 Å². The van der Waals surface area contributed by atoms with E-state index in [9.17, 15) is 18.0 Å². The minimum Gasteiger partial charge on any atom is -0.316 e. The molecule has 0 radical (unpaired) electrons. The first-order valence-corrected chi connectivity index (χ1v) is 7.26. The molecular formula is C16H22F3NO. The monoisotopic (exact) mass is 301 g/mol. The highest BCUT2D eigenvalue weighted by Crippen LogP contribution is 2.29. The molecule has 0 aromatic heterocycles. The van der Waals surface area contributed by atoms with Gasteiger partial charge in [0.25, 0.3) is 0 Å². The third kappa shape index (κ3) is 7.85. The number of Topliss-reactive ketones (excluding diaryl/α,β-unsaturated/α-hetero) is 1. The second-order valence-corrected chi connectivity index (χ2v) is 5.21. The van der Waals surface area contributed by atoms with Gasteiger partial charge in [0.1, 0.15) is 5.78 Å². The van der Waals surface area contributed by atoms with Crippen LogP contribution in [-0.4, -0.2) is 18.9 Å². The van der Waals surface area contributed by atoms with Gasteiger partial charge in [-0.1, -0.05) is 24.6 Å². The second kappa shape index (κ2) is 8.82. The van der Waals surface area contributed by atoms with Gasteiger partial charge in [-0.25, -0.2) is 0 Å². The SMILES string of the molecule is CC(=O)CCCCCNCCc1cccc(C(F)(F)F)c1. The van der Waals surface area contributed by atoms with E-state index >= 15 is 0 Å². The van der Waals surface area contributed by atoms with Crippen molar-refractivity contribution >= 4 is 5.78 Å². The quantitative estimate of drug-likeness (QED) is 0.699. The summed E-state index contributed by atoms with van der Waals surface area (Å²) in [5.74, 6) is 0.215. The summed E-state index contributed by atoms with van der Waals surface area (Å²) in [4.78, 5) is 10.7. The zero-order chi connectivity index (χ0) is 15.7. The average molecular weight is 301 g/mol. The summed E-state index contributed by atoms with van der Waals surface area (Å²) < 4.78 is 37.6. The van der Waals surface area contributed by atoms with Crippen molar-refractivity contribution in [2.45, 2.75) is 45.2 Å². The number of carbonyl (C=O) groups excluding carboxylic acids is 1. The van der Waals surface area contributed by atoms with Crippen molar-refractivity contribution in [2.75, 3.05) is 13.1 Å². The summed E-state index contributed by atoms with van der Waals surface area (Å²) >= 11 is 0. The molecular weight excluding hydrogens is 279 g/mol. The smallest absolute Gasteiger partial charge is 0.316 e. The molecule has 0 bridgehead atoms. The Morgan fingerprint density at radius 3 is 2.57 bits per heavy atom. The number of nitrogens with one attached hydrogen (secondary N) is 1. The van der Waals surface area contributed by atoms with Gasteiger partial charge in [0.15, 0.2) is 0 Å². The van der Waals surface area contributed by atoms with Crippen molar-refractivity contribution in [3.63, 3.8) is 0 Å². The highest BCUT2D eigenvalue weighted by molar-refractivity contribution is 5.75. The Morgan fingerprint density at radius 2 is 1.90 bits per heavy atom. The van der Waals surface area contributed by atoms with Gasteiger partial charge in [0.2, 0.25) is 0 Å². The molecule has 0 fully saturated rings. The fourth-order valence-electron chi connectivity index (χ4n) is 2.06. The van der Waals surface area contributed by atoms with Crippen molar-refractivity contribution in [3.8, 4) is 0 Å². The largest absolute Gasteiger partial charge is 0.416 e. The van der Waals surface area contributed by atoms with Gasteiger partial charge >= 0.3 is 6.18 Å². The number of hydrogen-bond donors (Lipinski definition) is 1. The predicted molar refractivity (Wildman–Crippen MR) is 77.2 cm³/mol. The Kier molecular flexibility index (Phi) is 7.43. The molecule has 1 rings (SSSR count). The van der Waals surface area contributed by atoms with E-state index in [1.165, 1.54) is 12.1 Å². The first-order valence-electron chi connectivity index (χ1n) is 7.26. The van der Waals surface area contributed by atoms with E-state index in [0.29, 0.717) is 24.9 Å². The summed E-state index contributed by atoms with van der Waals surface area (Å²) in [6, 6.07) is 5.45. The lowest BCUT2D eigenvalue weighted by Crippen LogP contribution is -2.18. The highest BCUT2D eigenvalue weighted by atomic mass is 19.4. The second-order valence-electron chi connectivity index (χ2n) is 5.21. The van der Waals surface area contributed by atoms with Crippen LogP contribution in [-0.2, 0) is 17.4 Å². The Balaban J connectivity index is 2.17. The van der Waals surface area contributed by atoms with E-state index < -0.39 is 11.7 Å². The van der Waals surface area contributed by atoms with Gasteiger partial charge < -0.3 is 10.1 Å². The van der Waals surface area contributed by atoms with Crippen molar-refractivity contribution < 1.29 is 18.0 Å². The molecule has 1 aromatic carbocycles. The molecule has 0 atom stereocenters. The zero-order valence-corrected chi connectivity index (χ0v) is 12.3. The molecule has 1 N–H and O–H groups in total. The molecule has 0 spiro atoms. The van der Waals surface area contributed by atoms with Crippen LogP contribution in [0.25, 0.3) is 0 Å². The van der Waals surface area contributed by atoms with Gasteiger partial charge in [0, 0.05) is 6.42 Å². The Hall–Kier alpha value is -1.36. The molecule has 0 saturated carbocycles. The van der Waals surface area contributed by atoms with E-state index in [2.05, 4.69) is 5.32 Å². The first-order chi connectivity index (χ1) is 9.89. The topological polar surface area (TPSA) is 29.1 Å². The van der Waals surface area contributed by atoms with Crippen LogP contribution < -0.4 is 5.32 Å². The van der Waals surface area contributed by atoms with E-state index in [1.54, 1.807) is 13.0 Å². The third-order valence-electron chi connectivity index (χ3n) is 3.23. The summed E-state index contributed by atoms with van der Waals surface area (Å²) in [6.07, 6.45) is -0.182. The third-order valence-corrected chi connectivity index (χ3v) is 3.23. The van der Waals surface area contributed by atoms with E-state index in [0.717, 1.165) is 31.9 Å². The van der Waals surface area contributed by atoms with Crippen LogP contribution in [0.5, 0.6) is 0 Å². The molecule has 0 unspecified atom stereocenters. The average Bonchev–Trinajstić information content (AvgIpc) is 2.41. The van der Waals surface area contributed by atoms with Crippen LogP contribution in [0.2, 0.25) is 0 Å². The van der Waals surface area contributed by atoms with Gasteiger partial charge in [0.05, 0.1) is 5.56 Å². The summed E-state index contributed by atoms with van der Waals surface area (Å²) in [6.45, 7) is 3.08. The number of ketones is 1. The van der Waals surface area contributed by atoms with Gasteiger partial charge in [-0.2, -0.15) is 13.2 Å². The molecule has 0 amide bonds. The number of alkyl halides is 3. The van der Waals surface area contributed by atoms with Crippen LogP contribution in [0.4, 0.5) is 13.2 Å². The number of rotatable bonds is 9.